The van der Waals surface area contributed by atoms with Crippen LogP contribution in [0.25, 0.3) is 11.1 Å². The zero-order valence-electron chi connectivity index (χ0n) is 16.9. The highest BCUT2D eigenvalue weighted by Crippen LogP contribution is 2.25. The summed E-state index contributed by atoms with van der Waals surface area (Å²) in [5.41, 5.74) is 1.68. The fourth-order valence-electron chi connectivity index (χ4n) is 3.62. The van der Waals surface area contributed by atoms with Gasteiger partial charge in [-0.1, -0.05) is 18.2 Å². The molecule has 1 amide bonds. The molecule has 0 saturated carbocycles. The van der Waals surface area contributed by atoms with E-state index in [1.54, 1.807) is 36.7 Å². The normalized spacial score (nSPS) is 14.5. The number of nitrogens with zero attached hydrogens (tertiary/aromatic N) is 4. The molecule has 2 aromatic heterocycles. The molecule has 1 aliphatic heterocycles. The number of benzene rings is 1. The standard InChI is InChI=1S/C23H23FN4O3/c24-21-18(14-29)3-1-5-20(21)19-12-26-23(27-13-19)31-15-16-6-9-28(10-7-16)22(30)17-4-2-8-25-11-17/h1-5,8,11-13,16,29H,6-7,9-10,14-15H2. The molecule has 8 heteroatoms. The van der Waals surface area contributed by atoms with Crippen LogP contribution in [-0.2, 0) is 6.61 Å². The van der Waals surface area contributed by atoms with Gasteiger partial charge in [0.15, 0.2) is 0 Å². The van der Waals surface area contributed by atoms with Crippen LogP contribution in [0.15, 0.2) is 55.1 Å². The van der Waals surface area contributed by atoms with E-state index >= 15 is 0 Å². The Labute approximate surface area is 179 Å². The Bertz CT molecular complexity index is 1020. The summed E-state index contributed by atoms with van der Waals surface area (Å²) in [5, 5.41) is 9.22. The molecular formula is C23H23FN4O3. The number of ether oxygens (including phenoxy) is 1. The number of aromatic nitrogens is 3. The van der Waals surface area contributed by atoms with Crippen molar-refractivity contribution in [2.24, 2.45) is 5.92 Å². The molecule has 160 valence electrons. The number of pyridine rings is 1. The van der Waals surface area contributed by atoms with Crippen LogP contribution in [0.2, 0.25) is 0 Å². The van der Waals surface area contributed by atoms with Crippen LogP contribution < -0.4 is 4.74 Å². The predicted molar refractivity (Wildman–Crippen MR) is 112 cm³/mol. The Morgan fingerprint density at radius 1 is 1.13 bits per heavy atom. The molecule has 4 rings (SSSR count). The van der Waals surface area contributed by atoms with Crippen LogP contribution in [0.1, 0.15) is 28.8 Å². The lowest BCUT2D eigenvalue weighted by Crippen LogP contribution is -2.39. The summed E-state index contributed by atoms with van der Waals surface area (Å²) in [6.45, 7) is 1.43. The highest BCUT2D eigenvalue weighted by molar-refractivity contribution is 5.93. The minimum atomic E-state index is -0.477. The Hall–Kier alpha value is -3.39. The van der Waals surface area contributed by atoms with Crippen molar-refractivity contribution in [2.45, 2.75) is 19.4 Å². The van der Waals surface area contributed by atoms with E-state index < -0.39 is 5.82 Å². The summed E-state index contributed by atoms with van der Waals surface area (Å²) < 4.78 is 20.1. The molecule has 1 saturated heterocycles. The second-order valence-corrected chi connectivity index (χ2v) is 7.48. The first kappa shape index (κ1) is 20.9. The third kappa shape index (κ3) is 4.86. The van der Waals surface area contributed by atoms with Gasteiger partial charge in [-0.3, -0.25) is 9.78 Å². The first-order chi connectivity index (χ1) is 15.2. The highest BCUT2D eigenvalue weighted by atomic mass is 19.1. The Balaban J connectivity index is 1.29. The Morgan fingerprint density at radius 2 is 1.90 bits per heavy atom. The van der Waals surface area contributed by atoms with E-state index in [1.165, 1.54) is 18.5 Å². The lowest BCUT2D eigenvalue weighted by Gasteiger charge is -2.31. The van der Waals surface area contributed by atoms with E-state index in [1.807, 2.05) is 4.90 Å². The fourth-order valence-corrected chi connectivity index (χ4v) is 3.62. The first-order valence-electron chi connectivity index (χ1n) is 10.2. The zero-order chi connectivity index (χ0) is 21.6. The molecule has 3 heterocycles. The summed E-state index contributed by atoms with van der Waals surface area (Å²) in [4.78, 5) is 26.7. The maximum absolute atomic E-state index is 14.4. The molecule has 0 aliphatic carbocycles. The molecule has 7 nitrogen and oxygen atoms in total. The van der Waals surface area contributed by atoms with Crippen LogP contribution in [0.5, 0.6) is 6.01 Å². The molecule has 1 aliphatic rings. The number of carbonyl (C=O) groups is 1. The van der Waals surface area contributed by atoms with Gasteiger partial charge in [0.25, 0.3) is 5.91 Å². The molecule has 1 N–H and O–H groups in total. The Morgan fingerprint density at radius 3 is 2.58 bits per heavy atom. The van der Waals surface area contributed by atoms with E-state index in [4.69, 9.17) is 4.74 Å². The fraction of sp³-hybridized carbons (Fsp3) is 0.304. The van der Waals surface area contributed by atoms with Gasteiger partial charge in [0.2, 0.25) is 0 Å². The van der Waals surface area contributed by atoms with Crippen molar-refractivity contribution in [1.29, 1.82) is 0 Å². The van der Waals surface area contributed by atoms with Crippen molar-refractivity contribution >= 4 is 5.91 Å². The van der Waals surface area contributed by atoms with Gasteiger partial charge < -0.3 is 14.7 Å². The second kappa shape index (κ2) is 9.61. The number of aliphatic hydroxyl groups is 1. The van der Waals surface area contributed by atoms with E-state index in [0.29, 0.717) is 42.3 Å². The number of aliphatic hydroxyl groups excluding tert-OH is 1. The SMILES string of the molecule is O=C(c1cccnc1)N1CCC(COc2ncc(-c3cccc(CO)c3F)cn2)CC1. The van der Waals surface area contributed by atoms with Gasteiger partial charge in [-0.15, -0.1) is 0 Å². The van der Waals surface area contributed by atoms with Crippen LogP contribution >= 0.6 is 0 Å². The number of rotatable bonds is 6. The predicted octanol–water partition coefficient (Wildman–Crippen LogP) is 3.10. The van der Waals surface area contributed by atoms with Crippen LogP contribution in [-0.4, -0.2) is 50.6 Å². The first-order valence-corrected chi connectivity index (χ1v) is 10.2. The van der Waals surface area contributed by atoms with E-state index in [-0.39, 0.29) is 24.1 Å². The molecular weight excluding hydrogens is 399 g/mol. The summed E-state index contributed by atoms with van der Waals surface area (Å²) >= 11 is 0. The van der Waals surface area contributed by atoms with Crippen molar-refractivity contribution in [3.8, 4) is 17.1 Å². The highest BCUT2D eigenvalue weighted by Gasteiger charge is 2.24. The quantitative estimate of drug-likeness (QED) is 0.657. The summed E-state index contributed by atoms with van der Waals surface area (Å²) in [6, 6.07) is 8.60. The number of hydrogen-bond acceptors (Lipinski definition) is 6. The average molecular weight is 422 g/mol. The van der Waals surface area contributed by atoms with Crippen LogP contribution in [0.3, 0.4) is 0 Å². The largest absolute Gasteiger partial charge is 0.463 e. The summed E-state index contributed by atoms with van der Waals surface area (Å²) in [6.07, 6.45) is 7.93. The van der Waals surface area contributed by atoms with Crippen LogP contribution in [0, 0.1) is 11.7 Å². The van der Waals surface area contributed by atoms with Crippen molar-refractivity contribution in [3.05, 3.63) is 72.1 Å². The second-order valence-electron chi connectivity index (χ2n) is 7.48. The number of piperidine rings is 1. The lowest BCUT2D eigenvalue weighted by molar-refractivity contribution is 0.0657. The van der Waals surface area contributed by atoms with Gasteiger partial charge >= 0.3 is 6.01 Å². The maximum Gasteiger partial charge on any atom is 0.316 e. The molecule has 31 heavy (non-hydrogen) atoms. The number of halogens is 1. The molecule has 0 radical (unpaired) electrons. The molecule has 3 aromatic rings. The summed E-state index contributed by atoms with van der Waals surface area (Å²) in [5.74, 6) is -0.168. The maximum atomic E-state index is 14.4. The molecule has 1 fully saturated rings. The van der Waals surface area contributed by atoms with Crippen LogP contribution in [0.4, 0.5) is 4.39 Å². The van der Waals surface area contributed by atoms with Crippen molar-refractivity contribution < 1.29 is 19.0 Å². The van der Waals surface area contributed by atoms with Gasteiger partial charge in [0.05, 0.1) is 18.8 Å². The lowest BCUT2D eigenvalue weighted by atomic mass is 9.97. The van der Waals surface area contributed by atoms with Crippen molar-refractivity contribution in [2.75, 3.05) is 19.7 Å². The number of hydrogen-bond donors (Lipinski definition) is 1. The number of carbonyl (C=O) groups excluding carboxylic acids is 1. The van der Waals surface area contributed by atoms with Gasteiger partial charge in [0.1, 0.15) is 5.82 Å². The van der Waals surface area contributed by atoms with Gasteiger partial charge in [-0.25, -0.2) is 14.4 Å². The van der Waals surface area contributed by atoms with E-state index in [0.717, 1.165) is 12.8 Å². The van der Waals surface area contributed by atoms with E-state index in [9.17, 15) is 14.3 Å². The minimum absolute atomic E-state index is 0.00360. The smallest absolute Gasteiger partial charge is 0.316 e. The van der Waals surface area contributed by atoms with Gasteiger partial charge in [-0.05, 0) is 30.9 Å². The molecule has 0 atom stereocenters. The van der Waals surface area contributed by atoms with E-state index in [2.05, 4.69) is 15.0 Å². The monoisotopic (exact) mass is 422 g/mol. The Kier molecular flexibility index (Phi) is 6.47. The molecule has 0 spiro atoms. The molecule has 0 bridgehead atoms. The average Bonchev–Trinajstić information content (AvgIpc) is 2.84. The summed E-state index contributed by atoms with van der Waals surface area (Å²) in [7, 11) is 0. The van der Waals surface area contributed by atoms with Crippen molar-refractivity contribution in [3.63, 3.8) is 0 Å². The molecule has 1 aromatic carbocycles. The van der Waals surface area contributed by atoms with Gasteiger partial charge in [-0.2, -0.15) is 0 Å². The molecule has 0 unspecified atom stereocenters. The topological polar surface area (TPSA) is 88.4 Å². The van der Waals surface area contributed by atoms with Crippen molar-refractivity contribution in [1.82, 2.24) is 19.9 Å². The third-order valence-electron chi connectivity index (χ3n) is 5.45. The number of likely N-dealkylation sites (tertiary alicyclic amines) is 1. The zero-order valence-corrected chi connectivity index (χ0v) is 16.9. The number of amides is 1. The third-order valence-corrected chi connectivity index (χ3v) is 5.45. The van der Waals surface area contributed by atoms with Gasteiger partial charge in [0, 0.05) is 54.6 Å². The minimum Gasteiger partial charge on any atom is -0.463 e.